The lowest BCUT2D eigenvalue weighted by atomic mass is 9.90. The van der Waals surface area contributed by atoms with Crippen LogP contribution < -0.4 is 0 Å². The number of aliphatic hydroxyl groups is 1. The van der Waals surface area contributed by atoms with Crippen LogP contribution in [0.5, 0.6) is 0 Å². The van der Waals surface area contributed by atoms with Gasteiger partial charge in [0.1, 0.15) is 0 Å². The van der Waals surface area contributed by atoms with Crippen molar-refractivity contribution in [2.75, 3.05) is 0 Å². The molecular weight excluding hydrogens is 274 g/mol. The molecule has 0 aliphatic carbocycles. The smallest absolute Gasteiger partial charge is 0.164 e. The molecule has 2 aromatic rings. The maximum absolute atomic E-state index is 13.8. The van der Waals surface area contributed by atoms with E-state index in [0.717, 1.165) is 12.5 Å². The Morgan fingerprint density at radius 2 is 2.05 bits per heavy atom. The molecule has 1 N–H and O–H groups in total. The fourth-order valence-electron chi connectivity index (χ4n) is 2.27. The van der Waals surface area contributed by atoms with Gasteiger partial charge in [-0.2, -0.15) is 5.10 Å². The Hall–Kier alpha value is -1.75. The van der Waals surface area contributed by atoms with Crippen LogP contribution in [0.4, 0.5) is 8.78 Å². The van der Waals surface area contributed by atoms with E-state index in [4.69, 9.17) is 0 Å². The first-order valence-electron chi connectivity index (χ1n) is 7.06. The van der Waals surface area contributed by atoms with Crippen molar-refractivity contribution in [2.45, 2.75) is 45.3 Å². The van der Waals surface area contributed by atoms with Gasteiger partial charge in [0.05, 0.1) is 11.3 Å². The highest BCUT2D eigenvalue weighted by molar-refractivity contribution is 5.26. The molecule has 114 valence electrons. The van der Waals surface area contributed by atoms with Crippen molar-refractivity contribution in [3.05, 3.63) is 53.4 Å². The van der Waals surface area contributed by atoms with Gasteiger partial charge in [-0.3, -0.25) is 4.68 Å². The third-order valence-electron chi connectivity index (χ3n) is 3.76. The van der Waals surface area contributed by atoms with Gasteiger partial charge >= 0.3 is 0 Å². The van der Waals surface area contributed by atoms with E-state index in [-0.39, 0.29) is 18.0 Å². The third-order valence-corrected chi connectivity index (χ3v) is 3.76. The largest absolute Gasteiger partial charge is 0.385 e. The number of halogens is 2. The molecule has 2 atom stereocenters. The van der Waals surface area contributed by atoms with Crippen LogP contribution in [0.3, 0.4) is 0 Å². The molecule has 0 saturated heterocycles. The zero-order chi connectivity index (χ0) is 15.6. The average molecular weight is 294 g/mol. The van der Waals surface area contributed by atoms with Crippen molar-refractivity contribution in [1.29, 1.82) is 0 Å². The third kappa shape index (κ3) is 3.29. The molecule has 0 radical (unpaired) electrons. The van der Waals surface area contributed by atoms with Crippen LogP contribution in [0.2, 0.25) is 0 Å². The Labute approximate surface area is 123 Å². The van der Waals surface area contributed by atoms with Crippen molar-refractivity contribution in [3.8, 4) is 0 Å². The van der Waals surface area contributed by atoms with E-state index in [1.807, 2.05) is 17.8 Å². The highest BCUT2D eigenvalue weighted by Crippen LogP contribution is 2.28. The van der Waals surface area contributed by atoms with Gasteiger partial charge < -0.3 is 5.11 Å². The average Bonchev–Trinajstić information content (AvgIpc) is 2.88. The minimum absolute atomic E-state index is 0.0550. The van der Waals surface area contributed by atoms with Crippen LogP contribution in [0, 0.1) is 11.6 Å². The van der Waals surface area contributed by atoms with Crippen LogP contribution in [-0.2, 0) is 12.0 Å². The molecule has 2 rings (SSSR count). The molecule has 0 amide bonds. The van der Waals surface area contributed by atoms with E-state index in [1.165, 1.54) is 19.1 Å². The van der Waals surface area contributed by atoms with E-state index < -0.39 is 17.2 Å². The van der Waals surface area contributed by atoms with Gasteiger partial charge in [-0.05, 0) is 32.4 Å². The van der Waals surface area contributed by atoms with E-state index in [0.29, 0.717) is 5.69 Å². The summed E-state index contributed by atoms with van der Waals surface area (Å²) in [7, 11) is 0. The predicted octanol–water partition coefficient (Wildman–Crippen LogP) is 3.58. The zero-order valence-corrected chi connectivity index (χ0v) is 12.5. The summed E-state index contributed by atoms with van der Waals surface area (Å²) in [5.74, 6) is -1.97. The number of hydrogen-bond donors (Lipinski definition) is 1. The molecule has 0 spiro atoms. The van der Waals surface area contributed by atoms with Gasteiger partial charge in [-0.1, -0.05) is 19.1 Å². The van der Waals surface area contributed by atoms with Crippen molar-refractivity contribution in [1.82, 2.24) is 9.78 Å². The van der Waals surface area contributed by atoms with Crippen LogP contribution in [0.1, 0.15) is 44.5 Å². The maximum atomic E-state index is 13.8. The van der Waals surface area contributed by atoms with E-state index in [2.05, 4.69) is 12.0 Å². The van der Waals surface area contributed by atoms with E-state index in [1.54, 1.807) is 6.07 Å². The number of rotatable bonds is 5. The van der Waals surface area contributed by atoms with E-state index >= 15 is 0 Å². The van der Waals surface area contributed by atoms with Crippen molar-refractivity contribution < 1.29 is 13.9 Å². The summed E-state index contributed by atoms with van der Waals surface area (Å²) >= 11 is 0. The molecular formula is C16H20F2N2O. The lowest BCUT2D eigenvalue weighted by molar-refractivity contribution is 0.0518. The molecule has 3 nitrogen and oxygen atoms in total. The van der Waals surface area contributed by atoms with Crippen LogP contribution in [0.15, 0.2) is 30.5 Å². The fraction of sp³-hybridized carbons (Fsp3) is 0.438. The topological polar surface area (TPSA) is 38.0 Å². The quantitative estimate of drug-likeness (QED) is 0.915. The van der Waals surface area contributed by atoms with Crippen LogP contribution >= 0.6 is 0 Å². The Bertz CT molecular complexity index is 622. The Morgan fingerprint density at radius 1 is 1.33 bits per heavy atom. The Kier molecular flexibility index (Phi) is 4.42. The van der Waals surface area contributed by atoms with Gasteiger partial charge in [0, 0.05) is 24.2 Å². The van der Waals surface area contributed by atoms with Gasteiger partial charge in [0.2, 0.25) is 0 Å². The molecule has 0 saturated carbocycles. The highest BCUT2D eigenvalue weighted by Gasteiger charge is 2.29. The predicted molar refractivity (Wildman–Crippen MR) is 76.9 cm³/mol. The lowest BCUT2D eigenvalue weighted by Gasteiger charge is -2.23. The van der Waals surface area contributed by atoms with Crippen LogP contribution in [-0.4, -0.2) is 14.9 Å². The Balaban J connectivity index is 2.24. The molecule has 21 heavy (non-hydrogen) atoms. The van der Waals surface area contributed by atoms with Crippen molar-refractivity contribution in [3.63, 3.8) is 0 Å². The second-order valence-electron chi connectivity index (χ2n) is 5.60. The van der Waals surface area contributed by atoms with E-state index in [9.17, 15) is 13.9 Å². The maximum Gasteiger partial charge on any atom is 0.164 e. The summed E-state index contributed by atoms with van der Waals surface area (Å²) in [4.78, 5) is 0. The van der Waals surface area contributed by atoms with Gasteiger partial charge in [-0.25, -0.2) is 8.78 Å². The molecule has 5 heteroatoms. The minimum Gasteiger partial charge on any atom is -0.385 e. The summed E-state index contributed by atoms with van der Waals surface area (Å²) in [6.07, 6.45) is 2.90. The first-order chi connectivity index (χ1) is 9.85. The molecule has 1 aromatic carbocycles. The molecule has 0 fully saturated rings. The second-order valence-corrected chi connectivity index (χ2v) is 5.60. The standard InChI is InChI=1S/C16H20F2N2O/c1-4-11(2)20-9-8-12(19-20)10-16(3,21)13-6-5-7-14(17)15(13)18/h5-9,11,21H,4,10H2,1-3H3. The fourth-order valence-corrected chi connectivity index (χ4v) is 2.27. The number of nitrogens with zero attached hydrogens (tertiary/aromatic N) is 2. The van der Waals surface area contributed by atoms with Gasteiger partial charge in [0.25, 0.3) is 0 Å². The number of benzene rings is 1. The molecule has 1 aromatic heterocycles. The monoisotopic (exact) mass is 294 g/mol. The Morgan fingerprint density at radius 3 is 2.71 bits per heavy atom. The number of aromatic nitrogens is 2. The molecule has 0 bridgehead atoms. The lowest BCUT2D eigenvalue weighted by Crippen LogP contribution is -2.26. The van der Waals surface area contributed by atoms with Gasteiger partial charge in [0.15, 0.2) is 11.6 Å². The van der Waals surface area contributed by atoms with Crippen molar-refractivity contribution >= 4 is 0 Å². The second kappa shape index (κ2) is 5.93. The zero-order valence-electron chi connectivity index (χ0n) is 12.5. The van der Waals surface area contributed by atoms with Crippen LogP contribution in [0.25, 0.3) is 0 Å². The normalized spacial score (nSPS) is 15.7. The van der Waals surface area contributed by atoms with Crippen molar-refractivity contribution in [2.24, 2.45) is 0 Å². The summed E-state index contributed by atoms with van der Waals surface area (Å²) < 4.78 is 28.9. The highest BCUT2D eigenvalue weighted by atomic mass is 19.2. The molecule has 0 aliphatic heterocycles. The first kappa shape index (κ1) is 15.6. The minimum atomic E-state index is -1.51. The molecule has 0 aliphatic rings. The molecule has 1 heterocycles. The summed E-state index contributed by atoms with van der Waals surface area (Å²) in [5.41, 5.74) is -0.926. The first-order valence-corrected chi connectivity index (χ1v) is 7.06. The molecule has 2 unspecified atom stereocenters. The summed E-state index contributed by atoms with van der Waals surface area (Å²) in [6, 6.07) is 5.86. The summed E-state index contributed by atoms with van der Waals surface area (Å²) in [6.45, 7) is 5.57. The SMILES string of the molecule is CCC(C)n1ccc(CC(C)(O)c2cccc(F)c2F)n1. The summed E-state index contributed by atoms with van der Waals surface area (Å²) in [5, 5.41) is 14.9. The van der Waals surface area contributed by atoms with Gasteiger partial charge in [-0.15, -0.1) is 0 Å². The number of hydrogen-bond acceptors (Lipinski definition) is 2.